The van der Waals surface area contributed by atoms with Gasteiger partial charge in [0.2, 0.25) is 0 Å². The Morgan fingerprint density at radius 3 is 0.889 bits per heavy atom. The van der Waals surface area contributed by atoms with Gasteiger partial charge in [-0.1, -0.05) is 77.8 Å². The molecule has 0 heterocycles. The number of halogens is 2. The average molecular weight is 526 g/mol. The van der Waals surface area contributed by atoms with E-state index in [1.807, 2.05) is 0 Å². The Kier molecular flexibility index (Phi) is 15.5. The van der Waals surface area contributed by atoms with Crippen LogP contribution in [-0.4, -0.2) is 16.1 Å². The maximum absolute atomic E-state index is 4.89. The quantitative estimate of drug-likeness (QED) is 0.246. The molecule has 0 unspecified atom stereocenters. The van der Waals surface area contributed by atoms with Crippen molar-refractivity contribution in [2.75, 3.05) is 0 Å². The molecule has 2 aromatic rings. The predicted octanol–water partition coefficient (Wildman–Crippen LogP) is 7.62. The molecule has 0 aliphatic carbocycles. The van der Waals surface area contributed by atoms with Crippen LogP contribution in [0.1, 0.15) is 41.5 Å². The van der Waals surface area contributed by atoms with Crippen LogP contribution in [0.15, 0.2) is 48.5 Å². The molecule has 2 rings (SSSR count). The molecule has 0 spiro atoms. The van der Waals surface area contributed by atoms with E-state index in [-0.39, 0.29) is 0 Å². The van der Waals surface area contributed by atoms with Crippen LogP contribution in [0.5, 0.6) is 0 Å². The van der Waals surface area contributed by atoms with Crippen LogP contribution in [0.4, 0.5) is 0 Å². The summed E-state index contributed by atoms with van der Waals surface area (Å²) < 4.78 is 0. The minimum absolute atomic E-state index is 0.586. The van der Waals surface area contributed by atoms with Crippen molar-refractivity contribution in [3.8, 4) is 0 Å². The molecule has 156 valence electrons. The molecule has 0 aliphatic rings. The van der Waals surface area contributed by atoms with E-state index in [4.69, 9.17) is 18.8 Å². The van der Waals surface area contributed by atoms with Crippen LogP contribution in [0.25, 0.3) is 0 Å². The van der Waals surface area contributed by atoms with Gasteiger partial charge in [-0.15, -0.1) is 0 Å². The van der Waals surface area contributed by atoms with Crippen molar-refractivity contribution in [2.45, 2.75) is 77.8 Å². The SMILES string of the molecule is CC[Si](CC)(CC)[c-]1cccc1.CC[Si](CC)(CC)[c-]1cccc1.[Cl][Mo][Cl]. The summed E-state index contributed by atoms with van der Waals surface area (Å²) >= 11 is -0.586. The summed E-state index contributed by atoms with van der Waals surface area (Å²) in [5.74, 6) is 0. The third-order valence-electron chi connectivity index (χ3n) is 6.61. The first kappa shape index (κ1) is 27.4. The molecule has 0 aromatic heterocycles. The molecule has 0 saturated carbocycles. The van der Waals surface area contributed by atoms with Crippen LogP contribution in [0, 0.1) is 0 Å². The fourth-order valence-electron chi connectivity index (χ4n) is 4.18. The van der Waals surface area contributed by atoms with Crippen LogP contribution < -0.4 is 10.4 Å². The zero-order valence-corrected chi connectivity index (χ0v) is 23.5. The average Bonchev–Trinajstić information content (AvgIpc) is 3.42. The predicted molar refractivity (Wildman–Crippen MR) is 129 cm³/mol. The summed E-state index contributed by atoms with van der Waals surface area (Å²) in [6, 6.07) is 26.4. The second-order valence-corrected chi connectivity index (χ2v) is 20.7. The molecule has 0 fully saturated rings. The second-order valence-electron chi connectivity index (χ2n) is 7.09. The first-order valence-electron chi connectivity index (χ1n) is 10.3. The summed E-state index contributed by atoms with van der Waals surface area (Å²) in [7, 11) is 7.71. The van der Waals surface area contributed by atoms with Crippen LogP contribution >= 0.6 is 18.8 Å². The first-order valence-corrected chi connectivity index (χ1v) is 20.7. The summed E-state index contributed by atoms with van der Waals surface area (Å²) in [5, 5.41) is 3.32. The normalized spacial score (nSPS) is 11.3. The van der Waals surface area contributed by atoms with Crippen molar-refractivity contribution in [3.05, 3.63) is 48.5 Å². The number of hydrogen-bond donors (Lipinski definition) is 0. The molecule has 27 heavy (non-hydrogen) atoms. The van der Waals surface area contributed by atoms with Gasteiger partial charge in [0.15, 0.2) is 0 Å². The van der Waals surface area contributed by atoms with Crippen molar-refractivity contribution in [2.24, 2.45) is 0 Å². The summed E-state index contributed by atoms with van der Waals surface area (Å²) in [5.41, 5.74) is 0. The molecule has 0 aliphatic heterocycles. The van der Waals surface area contributed by atoms with E-state index in [1.54, 1.807) is 10.4 Å². The zero-order chi connectivity index (χ0) is 20.8. The van der Waals surface area contributed by atoms with Gasteiger partial charge in [-0.05, 0) is 0 Å². The van der Waals surface area contributed by atoms with E-state index >= 15 is 0 Å². The summed E-state index contributed by atoms with van der Waals surface area (Å²) in [6.07, 6.45) is 0. The van der Waals surface area contributed by atoms with E-state index in [2.05, 4.69) is 90.1 Å². The van der Waals surface area contributed by atoms with E-state index in [0.717, 1.165) is 0 Å². The minimum atomic E-state index is -1.04. The third kappa shape index (κ3) is 7.97. The Morgan fingerprint density at radius 1 is 0.556 bits per heavy atom. The van der Waals surface area contributed by atoms with E-state index < -0.39 is 32.6 Å². The topological polar surface area (TPSA) is 0 Å². The maximum atomic E-state index is 4.89. The van der Waals surface area contributed by atoms with Crippen molar-refractivity contribution in [1.29, 1.82) is 0 Å². The molecule has 2 aromatic carbocycles. The van der Waals surface area contributed by atoms with Crippen LogP contribution in [0.3, 0.4) is 0 Å². The molecule has 0 saturated heterocycles. The molecule has 0 amide bonds. The van der Waals surface area contributed by atoms with Gasteiger partial charge >= 0.3 is 35.3 Å². The molecular weight excluding hydrogens is 487 g/mol. The molecule has 5 heteroatoms. The third-order valence-corrected chi connectivity index (χ3v) is 17.8. The standard InChI is InChI=1S/2C11H19Si.2ClH.Mo/c2*1-4-12(5-2,6-3)11-9-7-8-10-11;;;/h2*7-10H,4-6H2,1-3H3;2*1H;/q2*-1;;;+2/p-2. The van der Waals surface area contributed by atoms with Gasteiger partial charge in [-0.3, -0.25) is 0 Å². The summed E-state index contributed by atoms with van der Waals surface area (Å²) in [4.78, 5) is 0. The van der Waals surface area contributed by atoms with Gasteiger partial charge < -0.3 is 0 Å². The van der Waals surface area contributed by atoms with E-state index in [9.17, 15) is 0 Å². The van der Waals surface area contributed by atoms with Crippen molar-refractivity contribution >= 4 is 45.4 Å². The van der Waals surface area contributed by atoms with Crippen LogP contribution in [0.2, 0.25) is 36.3 Å². The van der Waals surface area contributed by atoms with Gasteiger partial charge in [-0.2, -0.15) is 34.6 Å². The second kappa shape index (κ2) is 15.3. The van der Waals surface area contributed by atoms with Gasteiger partial charge in [0.25, 0.3) is 0 Å². The summed E-state index contributed by atoms with van der Waals surface area (Å²) in [6.45, 7) is 14.1. The Balaban J connectivity index is 0.000000438. The van der Waals surface area contributed by atoms with Crippen molar-refractivity contribution < 1.29 is 16.5 Å². The van der Waals surface area contributed by atoms with Crippen LogP contribution in [-0.2, 0) is 16.5 Å². The van der Waals surface area contributed by atoms with Gasteiger partial charge in [-0.25, -0.2) is 24.3 Å². The monoisotopic (exact) mass is 526 g/mol. The van der Waals surface area contributed by atoms with Crippen molar-refractivity contribution in [1.82, 2.24) is 0 Å². The number of rotatable bonds is 8. The molecule has 0 bridgehead atoms. The molecular formula is C22H38Cl2MoSi2-2. The Morgan fingerprint density at radius 2 is 0.741 bits per heavy atom. The number of hydrogen-bond acceptors (Lipinski definition) is 0. The fourth-order valence-corrected chi connectivity index (χ4v) is 11.4. The van der Waals surface area contributed by atoms with Gasteiger partial charge in [0.05, 0.1) is 0 Å². The zero-order valence-electron chi connectivity index (χ0n) is 18.0. The fraction of sp³-hybridized carbons (Fsp3) is 0.545. The van der Waals surface area contributed by atoms with E-state index in [0.29, 0.717) is 0 Å². The van der Waals surface area contributed by atoms with E-state index in [1.165, 1.54) is 36.3 Å². The molecule has 0 nitrogen and oxygen atoms in total. The molecule has 0 N–H and O–H groups in total. The first-order chi connectivity index (χ1) is 13.0. The Hall–Kier alpha value is 0.402. The van der Waals surface area contributed by atoms with Crippen molar-refractivity contribution in [3.63, 3.8) is 0 Å². The molecule has 0 atom stereocenters. The Labute approximate surface area is 187 Å². The van der Waals surface area contributed by atoms with Gasteiger partial charge in [0, 0.05) is 16.1 Å². The Bertz CT molecular complexity index is 478. The molecule has 0 radical (unpaired) electrons. The van der Waals surface area contributed by atoms with Gasteiger partial charge in [0.1, 0.15) is 0 Å².